The van der Waals surface area contributed by atoms with Crippen LogP contribution in [0, 0.1) is 0 Å². The van der Waals surface area contributed by atoms with Crippen LogP contribution in [-0.2, 0) is 13.1 Å². The lowest BCUT2D eigenvalue weighted by Crippen LogP contribution is -2.19. The highest BCUT2D eigenvalue weighted by Gasteiger charge is 2.10. The van der Waals surface area contributed by atoms with Crippen molar-refractivity contribution in [3.05, 3.63) is 63.6 Å². The van der Waals surface area contributed by atoms with Crippen LogP contribution in [0.2, 0.25) is 10.0 Å². The minimum atomic E-state index is 0.755. The zero-order valence-electron chi connectivity index (χ0n) is 11.7. The van der Waals surface area contributed by atoms with Gasteiger partial charge in [0.15, 0.2) is 0 Å². The average Bonchev–Trinajstić information content (AvgIpc) is 2.42. The van der Waals surface area contributed by atoms with Crippen molar-refractivity contribution >= 4 is 28.9 Å². The van der Waals surface area contributed by atoms with Crippen LogP contribution >= 0.6 is 23.2 Å². The monoisotopic (exact) mass is 308 g/mol. The number of anilines is 1. The van der Waals surface area contributed by atoms with Gasteiger partial charge in [-0.3, -0.25) is 0 Å². The number of halogens is 2. The van der Waals surface area contributed by atoms with E-state index in [1.54, 1.807) is 0 Å². The Bertz CT molecular complexity index is 584. The SMILES string of the molecule is CNCc1cc(Cl)ccc1N(C)Cc1ccccc1Cl. The number of hydrogen-bond donors (Lipinski definition) is 1. The van der Waals surface area contributed by atoms with E-state index in [0.717, 1.165) is 34.4 Å². The Labute approximate surface area is 130 Å². The number of nitrogens with one attached hydrogen (secondary N) is 1. The second-order valence-corrected chi connectivity index (χ2v) is 5.59. The molecule has 0 aliphatic heterocycles. The van der Waals surface area contributed by atoms with E-state index >= 15 is 0 Å². The zero-order valence-corrected chi connectivity index (χ0v) is 13.2. The first-order valence-corrected chi connectivity index (χ1v) is 7.25. The van der Waals surface area contributed by atoms with Gasteiger partial charge in [-0.25, -0.2) is 0 Å². The first-order valence-electron chi connectivity index (χ1n) is 6.49. The molecule has 0 bridgehead atoms. The summed E-state index contributed by atoms with van der Waals surface area (Å²) in [6.45, 7) is 1.54. The zero-order chi connectivity index (χ0) is 14.5. The van der Waals surface area contributed by atoms with Crippen LogP contribution in [0.4, 0.5) is 5.69 Å². The maximum atomic E-state index is 6.22. The standard InChI is InChI=1S/C16H18Cl2N2/c1-19-10-13-9-14(17)7-8-16(13)20(2)11-12-5-3-4-6-15(12)18/h3-9,19H,10-11H2,1-2H3. The topological polar surface area (TPSA) is 15.3 Å². The van der Waals surface area contributed by atoms with Gasteiger partial charge >= 0.3 is 0 Å². The lowest BCUT2D eigenvalue weighted by Gasteiger charge is -2.23. The van der Waals surface area contributed by atoms with E-state index in [1.807, 2.05) is 49.5 Å². The van der Waals surface area contributed by atoms with Gasteiger partial charge in [0.1, 0.15) is 0 Å². The summed E-state index contributed by atoms with van der Waals surface area (Å²) < 4.78 is 0. The van der Waals surface area contributed by atoms with Crippen LogP contribution < -0.4 is 10.2 Å². The van der Waals surface area contributed by atoms with Crippen molar-refractivity contribution in [1.29, 1.82) is 0 Å². The van der Waals surface area contributed by atoms with Crippen molar-refractivity contribution in [2.24, 2.45) is 0 Å². The van der Waals surface area contributed by atoms with Crippen molar-refractivity contribution in [3.63, 3.8) is 0 Å². The second kappa shape index (κ2) is 6.98. The number of benzene rings is 2. The van der Waals surface area contributed by atoms with E-state index in [9.17, 15) is 0 Å². The van der Waals surface area contributed by atoms with Crippen LogP contribution in [0.5, 0.6) is 0 Å². The summed E-state index contributed by atoms with van der Waals surface area (Å²) >= 11 is 12.3. The molecule has 106 valence electrons. The predicted molar refractivity (Wildman–Crippen MR) is 87.8 cm³/mol. The normalized spacial score (nSPS) is 10.6. The van der Waals surface area contributed by atoms with Crippen molar-refractivity contribution in [1.82, 2.24) is 5.32 Å². The van der Waals surface area contributed by atoms with E-state index in [4.69, 9.17) is 23.2 Å². The Morgan fingerprint density at radius 1 is 1.05 bits per heavy atom. The minimum Gasteiger partial charge on any atom is -0.370 e. The molecule has 0 saturated carbocycles. The van der Waals surface area contributed by atoms with Crippen LogP contribution in [0.15, 0.2) is 42.5 Å². The molecule has 0 heterocycles. The Hall–Kier alpha value is -1.22. The van der Waals surface area contributed by atoms with Crippen LogP contribution in [-0.4, -0.2) is 14.1 Å². The third-order valence-electron chi connectivity index (χ3n) is 3.19. The highest BCUT2D eigenvalue weighted by Crippen LogP contribution is 2.26. The molecule has 0 fully saturated rings. The molecule has 0 spiro atoms. The lowest BCUT2D eigenvalue weighted by molar-refractivity contribution is 0.805. The second-order valence-electron chi connectivity index (χ2n) is 4.75. The molecular weight excluding hydrogens is 291 g/mol. The molecule has 0 aromatic heterocycles. The van der Waals surface area contributed by atoms with Gasteiger partial charge < -0.3 is 10.2 Å². The van der Waals surface area contributed by atoms with E-state index in [1.165, 1.54) is 5.56 Å². The molecule has 2 aromatic carbocycles. The molecule has 0 unspecified atom stereocenters. The fourth-order valence-electron chi connectivity index (χ4n) is 2.23. The first-order chi connectivity index (χ1) is 9.61. The molecule has 2 aromatic rings. The lowest BCUT2D eigenvalue weighted by atomic mass is 10.1. The Kier molecular flexibility index (Phi) is 5.30. The predicted octanol–water partition coefficient (Wildman–Crippen LogP) is 4.35. The van der Waals surface area contributed by atoms with Gasteiger partial charge in [0.25, 0.3) is 0 Å². The van der Waals surface area contributed by atoms with Crippen LogP contribution in [0.1, 0.15) is 11.1 Å². The molecule has 4 heteroatoms. The highest BCUT2D eigenvalue weighted by atomic mass is 35.5. The number of hydrogen-bond acceptors (Lipinski definition) is 2. The molecule has 20 heavy (non-hydrogen) atoms. The Morgan fingerprint density at radius 2 is 1.80 bits per heavy atom. The van der Waals surface area contributed by atoms with Gasteiger partial charge in [-0.05, 0) is 42.4 Å². The number of rotatable bonds is 5. The molecule has 0 atom stereocenters. The van der Waals surface area contributed by atoms with Gasteiger partial charge in [0, 0.05) is 35.9 Å². The van der Waals surface area contributed by atoms with Crippen molar-refractivity contribution in [2.75, 3.05) is 19.0 Å². The smallest absolute Gasteiger partial charge is 0.0455 e. The maximum absolute atomic E-state index is 6.22. The van der Waals surface area contributed by atoms with Crippen LogP contribution in [0.25, 0.3) is 0 Å². The fourth-order valence-corrected chi connectivity index (χ4v) is 2.62. The molecule has 1 N–H and O–H groups in total. The van der Waals surface area contributed by atoms with Gasteiger partial charge in [-0.2, -0.15) is 0 Å². The van der Waals surface area contributed by atoms with E-state index in [2.05, 4.69) is 17.3 Å². The molecule has 0 saturated heterocycles. The molecule has 0 radical (unpaired) electrons. The van der Waals surface area contributed by atoms with E-state index in [0.29, 0.717) is 0 Å². The Morgan fingerprint density at radius 3 is 2.50 bits per heavy atom. The van der Waals surface area contributed by atoms with Crippen molar-refractivity contribution < 1.29 is 0 Å². The van der Waals surface area contributed by atoms with Crippen molar-refractivity contribution in [2.45, 2.75) is 13.1 Å². The summed E-state index contributed by atoms with van der Waals surface area (Å²) in [5, 5.41) is 4.72. The van der Waals surface area contributed by atoms with Crippen molar-refractivity contribution in [3.8, 4) is 0 Å². The van der Waals surface area contributed by atoms with E-state index in [-0.39, 0.29) is 0 Å². The van der Waals surface area contributed by atoms with Gasteiger partial charge in [-0.1, -0.05) is 41.4 Å². The first kappa shape index (κ1) is 15.2. The summed E-state index contributed by atoms with van der Waals surface area (Å²) in [7, 11) is 3.99. The molecule has 2 rings (SSSR count). The largest absolute Gasteiger partial charge is 0.370 e. The average molecular weight is 309 g/mol. The summed E-state index contributed by atoms with van der Waals surface area (Å²) in [5.74, 6) is 0. The summed E-state index contributed by atoms with van der Waals surface area (Å²) in [6, 6.07) is 13.9. The molecule has 2 nitrogen and oxygen atoms in total. The Balaban J connectivity index is 2.25. The summed E-state index contributed by atoms with van der Waals surface area (Å²) in [6.07, 6.45) is 0. The fraction of sp³-hybridized carbons (Fsp3) is 0.250. The van der Waals surface area contributed by atoms with Crippen LogP contribution in [0.3, 0.4) is 0 Å². The number of nitrogens with zero attached hydrogens (tertiary/aromatic N) is 1. The molecule has 0 aliphatic carbocycles. The highest BCUT2D eigenvalue weighted by molar-refractivity contribution is 6.31. The van der Waals surface area contributed by atoms with E-state index < -0.39 is 0 Å². The van der Waals surface area contributed by atoms with Gasteiger partial charge in [0.05, 0.1) is 0 Å². The summed E-state index contributed by atoms with van der Waals surface area (Å²) in [5.41, 5.74) is 3.44. The van der Waals surface area contributed by atoms with Gasteiger partial charge in [0.2, 0.25) is 0 Å². The molecular formula is C16H18Cl2N2. The molecule has 0 aliphatic rings. The van der Waals surface area contributed by atoms with Gasteiger partial charge in [-0.15, -0.1) is 0 Å². The third-order valence-corrected chi connectivity index (χ3v) is 3.79. The quantitative estimate of drug-likeness (QED) is 0.883. The molecule has 0 amide bonds. The third kappa shape index (κ3) is 3.66. The summed E-state index contributed by atoms with van der Waals surface area (Å²) in [4.78, 5) is 2.18. The minimum absolute atomic E-state index is 0.755. The maximum Gasteiger partial charge on any atom is 0.0455 e.